The molecule has 1 aliphatic carbocycles. The van der Waals surface area contributed by atoms with Gasteiger partial charge in [0.2, 0.25) is 0 Å². The molecule has 1 aliphatic rings. The number of rotatable bonds is 5. The molecule has 1 unspecified atom stereocenters. The van der Waals surface area contributed by atoms with Crippen molar-refractivity contribution in [1.82, 2.24) is 10.3 Å². The molecule has 0 aliphatic heterocycles. The summed E-state index contributed by atoms with van der Waals surface area (Å²) in [6.07, 6.45) is 3.67. The number of hydrazine groups is 1. The fraction of sp³-hybridized carbons (Fsp3) is 0.538. The minimum absolute atomic E-state index is 0.0647. The number of nitrogen functional groups attached to an aromatic ring is 1. The zero-order chi connectivity index (χ0) is 13.1. The van der Waals surface area contributed by atoms with Crippen LogP contribution in [0.1, 0.15) is 42.2 Å². The van der Waals surface area contributed by atoms with Gasteiger partial charge in [0, 0.05) is 17.3 Å². The van der Waals surface area contributed by atoms with Gasteiger partial charge in [-0.2, -0.15) is 0 Å². The highest BCUT2D eigenvalue weighted by molar-refractivity contribution is 5.95. The number of hydrogen-bond donors (Lipinski definition) is 3. The first-order valence-corrected chi connectivity index (χ1v) is 6.34. The van der Waals surface area contributed by atoms with Gasteiger partial charge >= 0.3 is 0 Å². The molecule has 2 rings (SSSR count). The van der Waals surface area contributed by atoms with Crippen molar-refractivity contribution >= 4 is 11.7 Å². The maximum atomic E-state index is 12.1. The van der Waals surface area contributed by atoms with Crippen molar-refractivity contribution < 1.29 is 4.79 Å². The summed E-state index contributed by atoms with van der Waals surface area (Å²) in [7, 11) is 0. The molecule has 0 radical (unpaired) electrons. The molecule has 0 spiro atoms. The van der Waals surface area contributed by atoms with Crippen LogP contribution in [0.5, 0.6) is 0 Å². The fourth-order valence-electron chi connectivity index (χ4n) is 2.09. The second-order valence-electron chi connectivity index (χ2n) is 5.08. The van der Waals surface area contributed by atoms with Crippen LogP contribution in [-0.4, -0.2) is 16.9 Å². The molecule has 5 nitrogen and oxygen atoms in total. The van der Waals surface area contributed by atoms with Crippen molar-refractivity contribution in [1.29, 1.82) is 0 Å². The summed E-state index contributed by atoms with van der Waals surface area (Å²) in [6.45, 7) is 3.89. The van der Waals surface area contributed by atoms with E-state index in [1.807, 2.05) is 13.8 Å². The summed E-state index contributed by atoms with van der Waals surface area (Å²) < 4.78 is 0. The Balaban J connectivity index is 2.00. The summed E-state index contributed by atoms with van der Waals surface area (Å²) in [5.41, 5.74) is 3.83. The normalized spacial score (nSPS) is 16.2. The maximum absolute atomic E-state index is 12.1. The van der Waals surface area contributed by atoms with Crippen LogP contribution in [0.15, 0.2) is 12.1 Å². The zero-order valence-corrected chi connectivity index (χ0v) is 10.9. The van der Waals surface area contributed by atoms with E-state index in [0.29, 0.717) is 11.4 Å². The first-order valence-electron chi connectivity index (χ1n) is 6.34. The smallest absolute Gasteiger partial charge is 0.251 e. The van der Waals surface area contributed by atoms with Crippen molar-refractivity contribution in [3.63, 3.8) is 0 Å². The molecule has 98 valence electrons. The van der Waals surface area contributed by atoms with E-state index in [2.05, 4.69) is 15.7 Å². The summed E-state index contributed by atoms with van der Waals surface area (Å²) >= 11 is 0. The van der Waals surface area contributed by atoms with E-state index in [0.717, 1.165) is 18.0 Å². The van der Waals surface area contributed by atoms with Gasteiger partial charge in [0.1, 0.15) is 5.82 Å². The number of nitrogens with zero attached hydrogens (tertiary/aromatic N) is 1. The van der Waals surface area contributed by atoms with Crippen LogP contribution in [0, 0.1) is 12.8 Å². The first-order chi connectivity index (χ1) is 8.58. The lowest BCUT2D eigenvalue weighted by Crippen LogP contribution is -2.33. The molecule has 0 aromatic carbocycles. The SMILES string of the molecule is Cc1cc(C(=O)NC(C)CC2CC2)cc(NN)n1. The molecule has 1 aromatic heterocycles. The van der Waals surface area contributed by atoms with Gasteiger partial charge in [0.25, 0.3) is 5.91 Å². The Kier molecular flexibility index (Phi) is 3.81. The Bertz CT molecular complexity index is 443. The second-order valence-corrected chi connectivity index (χ2v) is 5.08. The number of hydrogen-bond acceptors (Lipinski definition) is 4. The number of carbonyl (C=O) groups excluding carboxylic acids is 1. The third kappa shape index (κ3) is 3.43. The fourth-order valence-corrected chi connectivity index (χ4v) is 2.09. The van der Waals surface area contributed by atoms with Gasteiger partial charge in [-0.15, -0.1) is 0 Å². The molecule has 5 heteroatoms. The maximum Gasteiger partial charge on any atom is 0.251 e. The van der Waals surface area contributed by atoms with E-state index >= 15 is 0 Å². The Labute approximate surface area is 107 Å². The predicted molar refractivity (Wildman–Crippen MR) is 71.1 cm³/mol. The lowest BCUT2D eigenvalue weighted by molar-refractivity contribution is 0.0937. The molecule has 0 bridgehead atoms. The van der Waals surface area contributed by atoms with Gasteiger partial charge in [-0.1, -0.05) is 12.8 Å². The number of aromatic nitrogens is 1. The molecule has 0 saturated heterocycles. The average molecular weight is 248 g/mol. The van der Waals surface area contributed by atoms with Gasteiger partial charge in [0.05, 0.1) is 0 Å². The quantitative estimate of drug-likeness (QED) is 0.546. The zero-order valence-electron chi connectivity index (χ0n) is 10.9. The molecule has 1 atom stereocenters. The highest BCUT2D eigenvalue weighted by Gasteiger charge is 2.24. The molecular weight excluding hydrogens is 228 g/mol. The Hall–Kier alpha value is -1.62. The number of amides is 1. The highest BCUT2D eigenvalue weighted by Crippen LogP contribution is 2.33. The number of nitrogens with one attached hydrogen (secondary N) is 2. The van der Waals surface area contributed by atoms with Crippen molar-refractivity contribution in [2.24, 2.45) is 11.8 Å². The van der Waals surface area contributed by atoms with Crippen LogP contribution in [0.25, 0.3) is 0 Å². The van der Waals surface area contributed by atoms with Crippen molar-refractivity contribution in [3.05, 3.63) is 23.4 Å². The minimum atomic E-state index is -0.0647. The molecule has 1 amide bonds. The van der Waals surface area contributed by atoms with Gasteiger partial charge in [-0.05, 0) is 38.3 Å². The molecular formula is C13H20N4O. The van der Waals surface area contributed by atoms with Crippen LogP contribution in [0.4, 0.5) is 5.82 Å². The number of aryl methyl sites for hydroxylation is 1. The standard InChI is InChI=1S/C13H20N4O/c1-8(5-10-3-4-10)16-13(18)11-6-9(2)15-12(7-11)17-14/h6-8,10H,3-5,14H2,1-2H3,(H,15,17)(H,16,18). The summed E-state index contributed by atoms with van der Waals surface area (Å²) in [5.74, 6) is 6.57. The molecule has 4 N–H and O–H groups in total. The Morgan fingerprint density at radius 1 is 1.56 bits per heavy atom. The topological polar surface area (TPSA) is 80.0 Å². The van der Waals surface area contributed by atoms with Crippen LogP contribution in [0.3, 0.4) is 0 Å². The third-order valence-electron chi connectivity index (χ3n) is 3.12. The number of nitrogens with two attached hydrogens (primary N) is 1. The summed E-state index contributed by atoms with van der Waals surface area (Å²) in [4.78, 5) is 16.2. The van der Waals surface area contributed by atoms with Crippen LogP contribution in [-0.2, 0) is 0 Å². The molecule has 18 heavy (non-hydrogen) atoms. The number of pyridine rings is 1. The monoisotopic (exact) mass is 248 g/mol. The van der Waals surface area contributed by atoms with Gasteiger partial charge < -0.3 is 10.7 Å². The van der Waals surface area contributed by atoms with E-state index in [4.69, 9.17) is 5.84 Å². The lowest BCUT2D eigenvalue weighted by atomic mass is 10.1. The highest BCUT2D eigenvalue weighted by atomic mass is 16.1. The predicted octanol–water partition coefficient (Wildman–Crippen LogP) is 1.59. The van der Waals surface area contributed by atoms with E-state index in [-0.39, 0.29) is 11.9 Å². The molecule has 1 saturated carbocycles. The van der Waals surface area contributed by atoms with Crippen molar-refractivity contribution in [2.75, 3.05) is 5.43 Å². The number of anilines is 1. The van der Waals surface area contributed by atoms with Gasteiger partial charge in [-0.25, -0.2) is 10.8 Å². The summed E-state index contributed by atoms with van der Waals surface area (Å²) in [6, 6.07) is 3.64. The molecule has 1 fully saturated rings. The molecule has 1 aromatic rings. The third-order valence-corrected chi connectivity index (χ3v) is 3.12. The van der Waals surface area contributed by atoms with Crippen LogP contribution < -0.4 is 16.6 Å². The van der Waals surface area contributed by atoms with E-state index in [9.17, 15) is 4.79 Å². The van der Waals surface area contributed by atoms with Crippen LogP contribution in [0.2, 0.25) is 0 Å². The summed E-state index contributed by atoms with van der Waals surface area (Å²) in [5, 5.41) is 3.01. The van der Waals surface area contributed by atoms with Crippen LogP contribution >= 0.6 is 0 Å². The van der Waals surface area contributed by atoms with E-state index in [1.54, 1.807) is 12.1 Å². The Morgan fingerprint density at radius 3 is 2.89 bits per heavy atom. The second kappa shape index (κ2) is 5.35. The number of carbonyl (C=O) groups is 1. The van der Waals surface area contributed by atoms with E-state index in [1.165, 1.54) is 12.8 Å². The minimum Gasteiger partial charge on any atom is -0.350 e. The van der Waals surface area contributed by atoms with Crippen molar-refractivity contribution in [2.45, 2.75) is 39.2 Å². The first kappa shape index (κ1) is 12.8. The van der Waals surface area contributed by atoms with E-state index < -0.39 is 0 Å². The van der Waals surface area contributed by atoms with Gasteiger partial charge in [0.15, 0.2) is 0 Å². The molecule has 1 heterocycles. The van der Waals surface area contributed by atoms with Gasteiger partial charge in [-0.3, -0.25) is 4.79 Å². The Morgan fingerprint density at radius 2 is 2.28 bits per heavy atom. The van der Waals surface area contributed by atoms with Crippen molar-refractivity contribution in [3.8, 4) is 0 Å². The largest absolute Gasteiger partial charge is 0.350 e. The lowest BCUT2D eigenvalue weighted by Gasteiger charge is -2.14. The average Bonchev–Trinajstić information content (AvgIpc) is 3.11.